The minimum atomic E-state index is -0.0187. The van der Waals surface area contributed by atoms with Crippen LogP contribution < -0.4 is 10.2 Å². The summed E-state index contributed by atoms with van der Waals surface area (Å²) in [5, 5.41) is 12.1. The molecule has 1 atom stereocenters. The van der Waals surface area contributed by atoms with Crippen molar-refractivity contribution >= 4 is 11.7 Å². The standard InChI is InChI=1S/C17H27N3O2/c1-19(2)15-8-6-14(7-9-15)13-18-17(22)20-11-4-3-5-16(20)10-12-21/h6-9,16,21H,3-5,10-13H2,1-2H3,(H,18,22). The van der Waals surface area contributed by atoms with E-state index in [1.54, 1.807) is 0 Å². The largest absolute Gasteiger partial charge is 0.396 e. The molecule has 0 aromatic heterocycles. The number of likely N-dealkylation sites (tertiary alicyclic amines) is 1. The average Bonchev–Trinajstić information content (AvgIpc) is 2.54. The second-order valence-electron chi connectivity index (χ2n) is 6.07. The van der Waals surface area contributed by atoms with Crippen LogP contribution in [0.5, 0.6) is 0 Å². The maximum atomic E-state index is 12.4. The molecule has 1 fully saturated rings. The molecule has 1 heterocycles. The summed E-state index contributed by atoms with van der Waals surface area (Å²) in [5.41, 5.74) is 2.24. The molecule has 1 aliphatic heterocycles. The number of benzene rings is 1. The van der Waals surface area contributed by atoms with Gasteiger partial charge >= 0.3 is 6.03 Å². The fourth-order valence-corrected chi connectivity index (χ4v) is 2.91. The Morgan fingerprint density at radius 3 is 2.68 bits per heavy atom. The van der Waals surface area contributed by atoms with E-state index in [9.17, 15) is 4.79 Å². The number of rotatable bonds is 5. The van der Waals surface area contributed by atoms with Gasteiger partial charge in [0, 0.05) is 45.5 Å². The summed E-state index contributed by atoms with van der Waals surface area (Å²) in [4.78, 5) is 16.3. The monoisotopic (exact) mass is 305 g/mol. The van der Waals surface area contributed by atoms with Crippen molar-refractivity contribution in [2.75, 3.05) is 32.1 Å². The van der Waals surface area contributed by atoms with Gasteiger partial charge in [0.15, 0.2) is 0 Å². The van der Waals surface area contributed by atoms with Crippen LogP contribution in [0.15, 0.2) is 24.3 Å². The molecule has 1 aliphatic rings. The zero-order valence-electron chi connectivity index (χ0n) is 13.6. The van der Waals surface area contributed by atoms with Crippen molar-refractivity contribution in [1.82, 2.24) is 10.2 Å². The highest BCUT2D eigenvalue weighted by molar-refractivity contribution is 5.74. The van der Waals surface area contributed by atoms with E-state index in [2.05, 4.69) is 22.3 Å². The number of hydrogen-bond acceptors (Lipinski definition) is 3. The molecule has 2 rings (SSSR count). The maximum absolute atomic E-state index is 12.4. The maximum Gasteiger partial charge on any atom is 0.317 e. The molecule has 0 radical (unpaired) electrons. The van der Waals surface area contributed by atoms with Crippen molar-refractivity contribution in [2.24, 2.45) is 0 Å². The highest BCUT2D eigenvalue weighted by Gasteiger charge is 2.25. The average molecular weight is 305 g/mol. The summed E-state index contributed by atoms with van der Waals surface area (Å²) in [6.07, 6.45) is 3.85. The van der Waals surface area contributed by atoms with Crippen LogP contribution in [0.1, 0.15) is 31.2 Å². The van der Waals surface area contributed by atoms with Crippen LogP contribution in [-0.2, 0) is 6.54 Å². The van der Waals surface area contributed by atoms with E-state index < -0.39 is 0 Å². The number of anilines is 1. The Balaban J connectivity index is 1.88. The van der Waals surface area contributed by atoms with Crippen molar-refractivity contribution in [2.45, 2.75) is 38.3 Å². The number of carbonyl (C=O) groups is 1. The van der Waals surface area contributed by atoms with Gasteiger partial charge in [0.25, 0.3) is 0 Å². The van der Waals surface area contributed by atoms with Crippen LogP contribution in [0.2, 0.25) is 0 Å². The number of hydrogen-bond donors (Lipinski definition) is 2. The summed E-state index contributed by atoms with van der Waals surface area (Å²) < 4.78 is 0. The molecule has 0 aliphatic carbocycles. The van der Waals surface area contributed by atoms with Crippen LogP contribution >= 0.6 is 0 Å². The van der Waals surface area contributed by atoms with E-state index >= 15 is 0 Å². The lowest BCUT2D eigenvalue weighted by atomic mass is 10.0. The van der Waals surface area contributed by atoms with E-state index in [4.69, 9.17) is 5.11 Å². The molecule has 1 saturated heterocycles. The highest BCUT2D eigenvalue weighted by atomic mass is 16.3. The third kappa shape index (κ3) is 4.37. The molecule has 1 aromatic carbocycles. The van der Waals surface area contributed by atoms with Gasteiger partial charge in [0.05, 0.1) is 0 Å². The van der Waals surface area contributed by atoms with Crippen molar-refractivity contribution in [3.63, 3.8) is 0 Å². The first-order valence-corrected chi connectivity index (χ1v) is 8.03. The molecule has 122 valence electrons. The van der Waals surface area contributed by atoms with E-state index in [0.717, 1.165) is 37.1 Å². The Hall–Kier alpha value is -1.75. The lowest BCUT2D eigenvalue weighted by Gasteiger charge is -2.35. The molecule has 2 amide bonds. The number of piperidine rings is 1. The van der Waals surface area contributed by atoms with Gasteiger partial charge in [0.1, 0.15) is 0 Å². The summed E-state index contributed by atoms with van der Waals surface area (Å²) >= 11 is 0. The molecule has 22 heavy (non-hydrogen) atoms. The molecule has 5 heteroatoms. The molecule has 1 aromatic rings. The first-order valence-electron chi connectivity index (χ1n) is 8.03. The molecular weight excluding hydrogens is 278 g/mol. The number of aliphatic hydroxyl groups excluding tert-OH is 1. The lowest BCUT2D eigenvalue weighted by molar-refractivity contribution is 0.131. The van der Waals surface area contributed by atoms with Gasteiger partial charge in [-0.3, -0.25) is 0 Å². The fourth-order valence-electron chi connectivity index (χ4n) is 2.91. The van der Waals surface area contributed by atoms with Gasteiger partial charge in [-0.05, 0) is 43.4 Å². The summed E-state index contributed by atoms with van der Waals surface area (Å²) in [6.45, 7) is 1.46. The smallest absolute Gasteiger partial charge is 0.317 e. The number of aliphatic hydroxyl groups is 1. The quantitative estimate of drug-likeness (QED) is 0.877. The first kappa shape index (κ1) is 16.6. The third-order valence-corrected chi connectivity index (χ3v) is 4.25. The van der Waals surface area contributed by atoms with Crippen LogP contribution in [-0.4, -0.2) is 49.3 Å². The van der Waals surface area contributed by atoms with Crippen LogP contribution in [0.4, 0.5) is 10.5 Å². The zero-order chi connectivity index (χ0) is 15.9. The summed E-state index contributed by atoms with van der Waals surface area (Å²) in [5.74, 6) is 0. The molecule has 1 unspecified atom stereocenters. The van der Waals surface area contributed by atoms with Gasteiger partial charge in [-0.15, -0.1) is 0 Å². The predicted molar refractivity (Wildman–Crippen MR) is 89.1 cm³/mol. The number of nitrogens with zero attached hydrogens (tertiary/aromatic N) is 2. The van der Waals surface area contributed by atoms with Crippen LogP contribution in [0, 0.1) is 0 Å². The van der Waals surface area contributed by atoms with Gasteiger partial charge in [0.2, 0.25) is 0 Å². The minimum Gasteiger partial charge on any atom is -0.396 e. The van der Waals surface area contributed by atoms with Crippen molar-refractivity contribution in [3.8, 4) is 0 Å². The first-order chi connectivity index (χ1) is 10.6. The van der Waals surface area contributed by atoms with Gasteiger partial charge in [-0.2, -0.15) is 0 Å². The fraction of sp³-hybridized carbons (Fsp3) is 0.588. The Morgan fingerprint density at radius 2 is 2.05 bits per heavy atom. The molecule has 0 bridgehead atoms. The van der Waals surface area contributed by atoms with Crippen molar-refractivity contribution in [1.29, 1.82) is 0 Å². The van der Waals surface area contributed by atoms with Crippen molar-refractivity contribution in [3.05, 3.63) is 29.8 Å². The highest BCUT2D eigenvalue weighted by Crippen LogP contribution is 2.19. The van der Waals surface area contributed by atoms with Gasteiger partial charge in [-0.1, -0.05) is 12.1 Å². The minimum absolute atomic E-state index is 0.0187. The third-order valence-electron chi connectivity index (χ3n) is 4.25. The van der Waals surface area contributed by atoms with Gasteiger partial charge in [-0.25, -0.2) is 4.79 Å². The van der Waals surface area contributed by atoms with Crippen LogP contribution in [0.3, 0.4) is 0 Å². The summed E-state index contributed by atoms with van der Waals surface area (Å²) in [6, 6.07) is 8.34. The van der Waals surface area contributed by atoms with Crippen molar-refractivity contribution < 1.29 is 9.90 Å². The molecule has 2 N–H and O–H groups in total. The topological polar surface area (TPSA) is 55.8 Å². The molecule has 0 saturated carbocycles. The number of urea groups is 1. The summed E-state index contributed by atoms with van der Waals surface area (Å²) in [7, 11) is 4.02. The predicted octanol–water partition coefficient (Wildman–Crippen LogP) is 2.20. The van der Waals surface area contributed by atoms with E-state index in [0.29, 0.717) is 13.0 Å². The molecule has 5 nitrogen and oxygen atoms in total. The lowest BCUT2D eigenvalue weighted by Crippen LogP contribution is -2.48. The second kappa shape index (κ2) is 8.03. The second-order valence-corrected chi connectivity index (χ2v) is 6.07. The SMILES string of the molecule is CN(C)c1ccc(CNC(=O)N2CCCCC2CCO)cc1. The Kier molecular flexibility index (Phi) is 6.07. The Labute approximate surface area is 132 Å². The number of nitrogens with one attached hydrogen (secondary N) is 1. The molecular formula is C17H27N3O2. The zero-order valence-corrected chi connectivity index (χ0v) is 13.6. The van der Waals surface area contributed by atoms with E-state index in [1.165, 1.54) is 0 Å². The van der Waals surface area contributed by atoms with Gasteiger partial charge < -0.3 is 20.2 Å². The Bertz CT molecular complexity index is 471. The van der Waals surface area contributed by atoms with E-state index in [-0.39, 0.29) is 18.7 Å². The number of carbonyl (C=O) groups excluding carboxylic acids is 1. The normalized spacial score (nSPS) is 18.1. The Morgan fingerprint density at radius 1 is 1.32 bits per heavy atom. The molecule has 0 spiro atoms. The van der Waals surface area contributed by atoms with E-state index in [1.807, 2.05) is 31.1 Å². The number of amides is 2. The van der Waals surface area contributed by atoms with Crippen LogP contribution in [0.25, 0.3) is 0 Å².